The molecule has 88 valence electrons. The summed E-state index contributed by atoms with van der Waals surface area (Å²) in [4.78, 5) is 0. The van der Waals surface area contributed by atoms with Crippen molar-refractivity contribution in [3.63, 3.8) is 0 Å². The molecule has 0 aromatic rings. The average Bonchev–Trinajstić information content (AvgIpc) is 2.25. The summed E-state index contributed by atoms with van der Waals surface area (Å²) >= 11 is -0.220. The number of hydrogen-bond donors (Lipinski definition) is 1. The van der Waals surface area contributed by atoms with Crippen molar-refractivity contribution >= 4 is 20.9 Å². The van der Waals surface area contributed by atoms with Crippen molar-refractivity contribution < 1.29 is 9.84 Å². The molecule has 1 fully saturated rings. The van der Waals surface area contributed by atoms with Gasteiger partial charge in [0, 0.05) is 0 Å². The second kappa shape index (κ2) is 6.78. The molecule has 3 heteroatoms. The molecule has 1 N–H and O–H groups in total. The van der Waals surface area contributed by atoms with Crippen LogP contribution < -0.4 is 0 Å². The minimum atomic E-state index is -0.508. The molecule has 0 amide bonds. The molecule has 1 aliphatic carbocycles. The van der Waals surface area contributed by atoms with Crippen LogP contribution in [0.1, 0.15) is 46.0 Å². The first-order valence-corrected chi connectivity index (χ1v) is 8.71. The topological polar surface area (TPSA) is 29.5 Å². The molecule has 0 atom stereocenters. The normalized spacial score (nSPS) is 21.4. The second-order valence-electron chi connectivity index (χ2n) is 3.96. The van der Waals surface area contributed by atoms with Gasteiger partial charge in [-0.1, -0.05) is 0 Å². The van der Waals surface area contributed by atoms with Gasteiger partial charge in [-0.25, -0.2) is 0 Å². The number of aliphatic hydroxyl groups is 1. The van der Waals surface area contributed by atoms with Gasteiger partial charge in [-0.05, 0) is 0 Å². The van der Waals surface area contributed by atoms with Crippen LogP contribution >= 0.6 is 0 Å². The van der Waals surface area contributed by atoms with Gasteiger partial charge in [0.05, 0.1) is 0 Å². The van der Waals surface area contributed by atoms with Gasteiger partial charge >= 0.3 is 103 Å². The summed E-state index contributed by atoms with van der Waals surface area (Å²) in [6.45, 7) is 4.90. The number of ether oxygens (including phenoxy) is 1. The second-order valence-corrected chi connectivity index (χ2v) is 7.69. The summed E-state index contributed by atoms with van der Waals surface area (Å²) in [7, 11) is 0. The third-order valence-corrected chi connectivity index (χ3v) is 5.87. The molecule has 1 aliphatic rings. The van der Waals surface area contributed by atoms with E-state index in [0.717, 1.165) is 25.7 Å². The number of hydrogen-bond acceptors (Lipinski definition) is 2. The van der Waals surface area contributed by atoms with Crippen LogP contribution in [0.3, 0.4) is 0 Å². The summed E-state index contributed by atoms with van der Waals surface area (Å²) in [5, 5.41) is 10.6. The van der Waals surface area contributed by atoms with E-state index < -0.39 is 5.60 Å². The zero-order valence-electron chi connectivity index (χ0n) is 9.79. The van der Waals surface area contributed by atoms with Crippen molar-refractivity contribution in [2.24, 2.45) is 0 Å². The quantitative estimate of drug-likeness (QED) is 0.622. The van der Waals surface area contributed by atoms with E-state index in [1.807, 2.05) is 13.2 Å². The Balaban J connectivity index is 2.67. The van der Waals surface area contributed by atoms with Crippen LogP contribution in [-0.4, -0.2) is 38.2 Å². The van der Waals surface area contributed by atoms with Crippen LogP contribution in [0.5, 0.6) is 0 Å². The Kier molecular flexibility index (Phi) is 6.04. The van der Waals surface area contributed by atoms with Gasteiger partial charge in [-0.15, -0.1) is 0 Å². The fourth-order valence-corrected chi connectivity index (χ4v) is 4.60. The standard InChI is InChI=1S/C12H22O2Te/c1-3-14-10-11(15-4-2)12(13)8-6-5-7-9-12/h10,13H,3-9H2,1-2H3/b11-10-. The van der Waals surface area contributed by atoms with Crippen molar-refractivity contribution in [1.82, 2.24) is 0 Å². The molecular weight excluding hydrogens is 304 g/mol. The van der Waals surface area contributed by atoms with Crippen LogP contribution in [-0.2, 0) is 4.74 Å². The van der Waals surface area contributed by atoms with E-state index in [-0.39, 0.29) is 20.9 Å². The Morgan fingerprint density at radius 1 is 1.33 bits per heavy atom. The first-order chi connectivity index (χ1) is 7.23. The molecule has 0 aromatic carbocycles. The van der Waals surface area contributed by atoms with Gasteiger partial charge in [0.2, 0.25) is 0 Å². The fraction of sp³-hybridized carbons (Fsp3) is 0.833. The van der Waals surface area contributed by atoms with Crippen LogP contribution in [0.25, 0.3) is 0 Å². The summed E-state index contributed by atoms with van der Waals surface area (Å²) < 4.78 is 7.81. The first kappa shape index (κ1) is 13.4. The van der Waals surface area contributed by atoms with E-state index in [2.05, 4.69) is 6.92 Å². The van der Waals surface area contributed by atoms with Crippen molar-refractivity contribution in [2.45, 2.75) is 56.0 Å². The predicted molar refractivity (Wildman–Crippen MR) is 64.0 cm³/mol. The summed E-state index contributed by atoms with van der Waals surface area (Å²) in [6, 6.07) is 0. The Bertz CT molecular complexity index is 208. The summed E-state index contributed by atoms with van der Waals surface area (Å²) in [5.41, 5.74) is -0.508. The molecule has 0 aromatic heterocycles. The van der Waals surface area contributed by atoms with E-state index in [1.54, 1.807) is 0 Å². The SMILES string of the molecule is CCO/C=C(\[Te]CC)C1(O)CCCCC1. The molecule has 0 spiro atoms. The van der Waals surface area contributed by atoms with E-state index in [9.17, 15) is 5.11 Å². The van der Waals surface area contributed by atoms with Crippen LogP contribution in [0.4, 0.5) is 0 Å². The van der Waals surface area contributed by atoms with Gasteiger partial charge in [0.1, 0.15) is 0 Å². The Hall–Kier alpha value is 0.290. The van der Waals surface area contributed by atoms with Gasteiger partial charge in [-0.2, -0.15) is 0 Å². The van der Waals surface area contributed by atoms with Gasteiger partial charge < -0.3 is 0 Å². The van der Waals surface area contributed by atoms with E-state index in [4.69, 9.17) is 4.74 Å². The van der Waals surface area contributed by atoms with Crippen molar-refractivity contribution in [3.05, 3.63) is 9.88 Å². The van der Waals surface area contributed by atoms with Crippen LogP contribution in [0.2, 0.25) is 4.47 Å². The summed E-state index contributed by atoms with van der Waals surface area (Å²) in [6.07, 6.45) is 7.34. The van der Waals surface area contributed by atoms with E-state index in [0.29, 0.717) is 6.61 Å². The van der Waals surface area contributed by atoms with E-state index in [1.165, 1.54) is 14.5 Å². The molecule has 1 saturated carbocycles. The Morgan fingerprint density at radius 3 is 2.53 bits per heavy atom. The fourth-order valence-electron chi connectivity index (χ4n) is 1.98. The molecule has 0 saturated heterocycles. The van der Waals surface area contributed by atoms with Crippen molar-refractivity contribution in [3.8, 4) is 0 Å². The molecule has 0 radical (unpaired) electrons. The Morgan fingerprint density at radius 2 is 2.00 bits per heavy atom. The predicted octanol–water partition coefficient (Wildman–Crippen LogP) is 2.70. The number of rotatable bonds is 5. The molecule has 15 heavy (non-hydrogen) atoms. The zero-order valence-corrected chi connectivity index (χ0v) is 12.1. The van der Waals surface area contributed by atoms with Crippen molar-refractivity contribution in [2.75, 3.05) is 6.61 Å². The minimum absolute atomic E-state index is 0.220. The summed E-state index contributed by atoms with van der Waals surface area (Å²) in [5.74, 6) is 0. The molecule has 1 rings (SSSR count). The average molecular weight is 326 g/mol. The first-order valence-electron chi connectivity index (χ1n) is 5.90. The molecule has 0 bridgehead atoms. The van der Waals surface area contributed by atoms with E-state index >= 15 is 0 Å². The molecule has 0 unspecified atom stereocenters. The molecule has 2 nitrogen and oxygen atoms in total. The van der Waals surface area contributed by atoms with Crippen molar-refractivity contribution in [1.29, 1.82) is 0 Å². The molecular formula is C12H22O2Te. The molecule has 0 heterocycles. The van der Waals surface area contributed by atoms with Gasteiger partial charge in [0.25, 0.3) is 0 Å². The monoisotopic (exact) mass is 328 g/mol. The third-order valence-electron chi connectivity index (χ3n) is 2.80. The van der Waals surface area contributed by atoms with Crippen LogP contribution in [0.15, 0.2) is 9.88 Å². The maximum atomic E-state index is 10.6. The van der Waals surface area contributed by atoms with Gasteiger partial charge in [-0.3, -0.25) is 0 Å². The maximum absolute atomic E-state index is 10.6. The van der Waals surface area contributed by atoms with Crippen LogP contribution in [0, 0.1) is 0 Å². The Labute approximate surface area is 103 Å². The van der Waals surface area contributed by atoms with Gasteiger partial charge in [0.15, 0.2) is 0 Å². The molecule has 0 aliphatic heterocycles. The zero-order chi connectivity index (χ0) is 11.1. The third kappa shape index (κ3) is 3.98.